The summed E-state index contributed by atoms with van der Waals surface area (Å²) in [6.45, 7) is 5.15. The molecule has 1 aliphatic heterocycles. The fourth-order valence-corrected chi connectivity index (χ4v) is 3.30. The molecule has 3 atom stereocenters. The summed E-state index contributed by atoms with van der Waals surface area (Å²) in [5.74, 6) is 1.27. The quantitative estimate of drug-likeness (QED) is 0.687. The van der Waals surface area contributed by atoms with Crippen LogP contribution in [0.2, 0.25) is 0 Å². The molecule has 0 aromatic rings. The number of hydrogen-bond acceptors (Lipinski definition) is 2. The maximum Gasteiger partial charge on any atom is 0.146 e. The number of ketones is 1. The molecule has 2 fully saturated rings. The molecule has 1 saturated carbocycles. The summed E-state index contributed by atoms with van der Waals surface area (Å²) in [6.07, 6.45) is 5.15. The second-order valence-corrected chi connectivity index (χ2v) is 5.30. The number of hydrogen-bond donors (Lipinski definition) is 0. The summed E-state index contributed by atoms with van der Waals surface area (Å²) in [4.78, 5) is 13.7. The summed E-state index contributed by atoms with van der Waals surface area (Å²) < 4.78 is 0. The Balaban J connectivity index is 1.98. The molecule has 1 saturated heterocycles. The molecule has 2 heteroatoms. The third-order valence-electron chi connectivity index (χ3n) is 4.16. The van der Waals surface area contributed by atoms with Gasteiger partial charge < -0.3 is 0 Å². The van der Waals surface area contributed by atoms with E-state index in [4.69, 9.17) is 0 Å². The van der Waals surface area contributed by atoms with Crippen molar-refractivity contribution in [3.8, 4) is 0 Å². The van der Waals surface area contributed by atoms with E-state index in [-0.39, 0.29) is 6.04 Å². The fourth-order valence-electron chi connectivity index (χ4n) is 3.30. The van der Waals surface area contributed by atoms with Gasteiger partial charge in [-0.2, -0.15) is 0 Å². The van der Waals surface area contributed by atoms with Gasteiger partial charge in [0.1, 0.15) is 5.78 Å². The highest BCUT2D eigenvalue weighted by Gasteiger charge is 2.59. The highest BCUT2D eigenvalue weighted by molar-refractivity contribution is 5.82. The van der Waals surface area contributed by atoms with E-state index in [1.807, 2.05) is 0 Å². The van der Waals surface area contributed by atoms with Gasteiger partial charge in [0, 0.05) is 6.54 Å². The molecule has 1 aliphatic carbocycles. The Morgan fingerprint density at radius 3 is 2.71 bits per heavy atom. The van der Waals surface area contributed by atoms with Crippen molar-refractivity contribution in [3.63, 3.8) is 0 Å². The zero-order chi connectivity index (χ0) is 10.3. The number of Topliss-reactive ketones (excluding diaryl/α,β-unsaturated/α-hetero) is 1. The molecule has 2 aliphatic rings. The standard InChI is InChI=1S/C12H21NO/c1-4-5-10-6-12(10)7-11(9(2)14)13(3)8-12/h10-11H,4-8H2,1-3H3/t10?,11-,12-/m0/s1. The van der Waals surface area contributed by atoms with Gasteiger partial charge in [0.2, 0.25) is 0 Å². The molecule has 0 N–H and O–H groups in total. The fraction of sp³-hybridized carbons (Fsp3) is 0.917. The minimum Gasteiger partial charge on any atom is -0.298 e. The molecule has 0 bridgehead atoms. The molecule has 1 heterocycles. The summed E-state index contributed by atoms with van der Waals surface area (Å²) >= 11 is 0. The predicted molar refractivity (Wildman–Crippen MR) is 57.2 cm³/mol. The smallest absolute Gasteiger partial charge is 0.146 e. The van der Waals surface area contributed by atoms with E-state index in [9.17, 15) is 4.79 Å². The Morgan fingerprint density at radius 2 is 2.21 bits per heavy atom. The van der Waals surface area contributed by atoms with Gasteiger partial charge in [-0.3, -0.25) is 9.69 Å². The van der Waals surface area contributed by atoms with Crippen LogP contribution in [0.1, 0.15) is 39.5 Å². The Labute approximate surface area is 86.7 Å². The van der Waals surface area contributed by atoms with Crippen molar-refractivity contribution in [1.82, 2.24) is 4.90 Å². The van der Waals surface area contributed by atoms with E-state index in [1.54, 1.807) is 6.92 Å². The lowest BCUT2D eigenvalue weighted by Crippen LogP contribution is -2.30. The topological polar surface area (TPSA) is 20.3 Å². The largest absolute Gasteiger partial charge is 0.298 e. The lowest BCUT2D eigenvalue weighted by atomic mass is 9.96. The number of likely N-dealkylation sites (tertiary alicyclic amines) is 1. The Hall–Kier alpha value is -0.370. The van der Waals surface area contributed by atoms with E-state index in [1.165, 1.54) is 19.3 Å². The lowest BCUT2D eigenvalue weighted by molar-refractivity contribution is -0.120. The van der Waals surface area contributed by atoms with Crippen molar-refractivity contribution in [2.24, 2.45) is 11.3 Å². The molecule has 2 rings (SSSR count). The van der Waals surface area contributed by atoms with Gasteiger partial charge in [-0.1, -0.05) is 19.8 Å². The Bertz CT molecular complexity index is 251. The number of rotatable bonds is 3. The molecule has 2 nitrogen and oxygen atoms in total. The summed E-state index contributed by atoms with van der Waals surface area (Å²) in [7, 11) is 2.10. The maximum absolute atomic E-state index is 11.4. The monoisotopic (exact) mass is 195 g/mol. The van der Waals surface area contributed by atoms with Gasteiger partial charge in [0.25, 0.3) is 0 Å². The molecular formula is C12H21NO. The number of likely N-dealkylation sites (N-methyl/N-ethyl adjacent to an activating group) is 1. The van der Waals surface area contributed by atoms with Gasteiger partial charge in [-0.25, -0.2) is 0 Å². The third kappa shape index (κ3) is 1.50. The Morgan fingerprint density at radius 1 is 1.50 bits per heavy atom. The molecule has 0 aromatic heterocycles. The first-order valence-corrected chi connectivity index (χ1v) is 5.80. The molecule has 0 amide bonds. The van der Waals surface area contributed by atoms with E-state index in [0.717, 1.165) is 18.9 Å². The number of carbonyl (C=O) groups excluding carboxylic acids is 1. The molecule has 1 unspecified atom stereocenters. The van der Waals surface area contributed by atoms with Crippen LogP contribution < -0.4 is 0 Å². The first kappa shape index (κ1) is 10.2. The van der Waals surface area contributed by atoms with Gasteiger partial charge in [-0.15, -0.1) is 0 Å². The summed E-state index contributed by atoms with van der Waals surface area (Å²) in [6, 6.07) is 0.219. The van der Waals surface area contributed by atoms with Crippen LogP contribution in [0.5, 0.6) is 0 Å². The van der Waals surface area contributed by atoms with Crippen LogP contribution in [0.25, 0.3) is 0 Å². The van der Waals surface area contributed by atoms with Crippen molar-refractivity contribution >= 4 is 5.78 Å². The highest BCUT2D eigenvalue weighted by Crippen LogP contribution is 2.61. The third-order valence-corrected chi connectivity index (χ3v) is 4.16. The minimum absolute atomic E-state index is 0.219. The molecule has 0 radical (unpaired) electrons. The van der Waals surface area contributed by atoms with Crippen molar-refractivity contribution in [2.75, 3.05) is 13.6 Å². The second kappa shape index (κ2) is 3.34. The van der Waals surface area contributed by atoms with Crippen LogP contribution in [0, 0.1) is 11.3 Å². The van der Waals surface area contributed by atoms with Crippen molar-refractivity contribution in [2.45, 2.75) is 45.6 Å². The van der Waals surface area contributed by atoms with E-state index in [0.29, 0.717) is 11.2 Å². The SMILES string of the molecule is CCCC1C[C@@]12C[C@@H](C(C)=O)N(C)C2. The van der Waals surface area contributed by atoms with Crippen LogP contribution in [0.3, 0.4) is 0 Å². The van der Waals surface area contributed by atoms with Gasteiger partial charge >= 0.3 is 0 Å². The second-order valence-electron chi connectivity index (χ2n) is 5.30. The predicted octanol–water partition coefficient (Wildman–Crippen LogP) is 2.09. The average Bonchev–Trinajstić information content (AvgIpc) is 2.61. The van der Waals surface area contributed by atoms with Crippen LogP contribution in [0.4, 0.5) is 0 Å². The van der Waals surface area contributed by atoms with Crippen LogP contribution in [0.15, 0.2) is 0 Å². The Kier molecular flexibility index (Phi) is 2.42. The van der Waals surface area contributed by atoms with Gasteiger partial charge in [-0.05, 0) is 38.1 Å². The highest BCUT2D eigenvalue weighted by atomic mass is 16.1. The van der Waals surface area contributed by atoms with Gasteiger partial charge in [0.15, 0.2) is 0 Å². The maximum atomic E-state index is 11.4. The van der Waals surface area contributed by atoms with Crippen molar-refractivity contribution in [3.05, 3.63) is 0 Å². The number of carbonyl (C=O) groups is 1. The lowest BCUT2D eigenvalue weighted by Gasteiger charge is -2.14. The zero-order valence-electron chi connectivity index (χ0n) is 9.55. The summed E-state index contributed by atoms with van der Waals surface area (Å²) in [5.41, 5.74) is 0.543. The molecular weight excluding hydrogens is 174 g/mol. The number of nitrogens with zero attached hydrogens (tertiary/aromatic N) is 1. The van der Waals surface area contributed by atoms with Crippen molar-refractivity contribution < 1.29 is 4.79 Å². The van der Waals surface area contributed by atoms with Crippen molar-refractivity contribution in [1.29, 1.82) is 0 Å². The summed E-state index contributed by atoms with van der Waals surface area (Å²) in [5, 5.41) is 0. The zero-order valence-corrected chi connectivity index (χ0v) is 9.55. The molecule has 14 heavy (non-hydrogen) atoms. The van der Waals surface area contributed by atoms with Crippen LogP contribution >= 0.6 is 0 Å². The first-order chi connectivity index (χ1) is 6.59. The first-order valence-electron chi connectivity index (χ1n) is 5.80. The van der Waals surface area contributed by atoms with E-state index >= 15 is 0 Å². The van der Waals surface area contributed by atoms with Gasteiger partial charge in [0.05, 0.1) is 6.04 Å². The minimum atomic E-state index is 0.219. The van der Waals surface area contributed by atoms with E-state index in [2.05, 4.69) is 18.9 Å². The molecule has 80 valence electrons. The molecule has 1 spiro atoms. The average molecular weight is 195 g/mol. The van der Waals surface area contributed by atoms with Crippen LogP contribution in [-0.2, 0) is 4.79 Å². The van der Waals surface area contributed by atoms with E-state index < -0.39 is 0 Å². The van der Waals surface area contributed by atoms with Crippen LogP contribution in [-0.4, -0.2) is 30.3 Å². The molecule has 0 aromatic carbocycles. The normalized spacial score (nSPS) is 41.9.